The van der Waals surface area contributed by atoms with E-state index in [0.29, 0.717) is 13.2 Å². The van der Waals surface area contributed by atoms with Crippen LogP contribution in [0.4, 0.5) is 10.2 Å². The van der Waals surface area contributed by atoms with Crippen LogP contribution in [0, 0.1) is 5.82 Å². The predicted molar refractivity (Wildman–Crippen MR) is 67.2 cm³/mol. The van der Waals surface area contributed by atoms with Crippen molar-refractivity contribution in [1.29, 1.82) is 0 Å². The Morgan fingerprint density at radius 3 is 3.00 bits per heavy atom. The van der Waals surface area contributed by atoms with Crippen molar-refractivity contribution in [3.8, 4) is 0 Å². The molecule has 7 heteroatoms. The number of halogens is 2. The molecule has 0 saturated carbocycles. The monoisotopic (exact) mass is 275 g/mol. The lowest BCUT2D eigenvalue weighted by molar-refractivity contribution is -0.121. The van der Waals surface area contributed by atoms with E-state index in [1.54, 1.807) is 14.0 Å². The van der Waals surface area contributed by atoms with E-state index in [9.17, 15) is 9.18 Å². The fraction of sp³-hybridized carbons (Fsp3) is 0.455. The molecule has 0 radical (unpaired) electrons. The van der Waals surface area contributed by atoms with Gasteiger partial charge in [-0.3, -0.25) is 4.79 Å². The zero-order valence-corrected chi connectivity index (χ0v) is 10.9. The van der Waals surface area contributed by atoms with Crippen LogP contribution in [0.5, 0.6) is 0 Å². The molecular formula is C11H15ClFN3O2. The summed E-state index contributed by atoms with van der Waals surface area (Å²) in [5, 5.41) is 5.50. The van der Waals surface area contributed by atoms with Gasteiger partial charge < -0.3 is 15.4 Å². The third-order valence-corrected chi connectivity index (χ3v) is 2.37. The summed E-state index contributed by atoms with van der Waals surface area (Å²) in [6, 6.07) is 0.525. The molecule has 0 aliphatic carbocycles. The molecule has 100 valence electrons. The van der Waals surface area contributed by atoms with E-state index in [0.717, 1.165) is 6.07 Å². The van der Waals surface area contributed by atoms with Crippen LogP contribution >= 0.6 is 11.6 Å². The van der Waals surface area contributed by atoms with Crippen molar-refractivity contribution in [2.45, 2.75) is 13.0 Å². The van der Waals surface area contributed by atoms with Crippen molar-refractivity contribution in [2.75, 3.05) is 25.6 Å². The molecule has 1 amide bonds. The standard InChI is InChI=1S/C11H15ClFN3O2/c1-7(11(17)14-3-4-18-2)16-10-9(13)5-8(12)6-15-10/h5-7H,3-4H2,1-2H3,(H,14,17)(H,15,16). The van der Waals surface area contributed by atoms with Gasteiger partial charge in [-0.1, -0.05) is 11.6 Å². The number of carbonyl (C=O) groups excluding carboxylic acids is 1. The Labute approximate surface area is 110 Å². The minimum absolute atomic E-state index is 0.00575. The van der Waals surface area contributed by atoms with Gasteiger partial charge in [0, 0.05) is 19.9 Å². The summed E-state index contributed by atoms with van der Waals surface area (Å²) in [4.78, 5) is 15.4. The fourth-order valence-corrected chi connectivity index (χ4v) is 1.37. The lowest BCUT2D eigenvalue weighted by Crippen LogP contribution is -2.39. The first kappa shape index (κ1) is 14.7. The molecule has 0 saturated heterocycles. The van der Waals surface area contributed by atoms with E-state index in [2.05, 4.69) is 15.6 Å². The Kier molecular flexibility index (Phi) is 5.80. The number of hydrogen-bond donors (Lipinski definition) is 2. The minimum Gasteiger partial charge on any atom is -0.383 e. The maximum absolute atomic E-state index is 13.4. The number of ether oxygens (including phenoxy) is 1. The van der Waals surface area contributed by atoms with Crippen LogP contribution in [0.15, 0.2) is 12.3 Å². The van der Waals surface area contributed by atoms with Crippen LogP contribution in [0.3, 0.4) is 0 Å². The van der Waals surface area contributed by atoms with E-state index >= 15 is 0 Å². The lowest BCUT2D eigenvalue weighted by Gasteiger charge is -2.14. The number of hydrogen-bond acceptors (Lipinski definition) is 4. The Balaban J connectivity index is 2.53. The number of anilines is 1. The molecule has 1 aromatic rings. The SMILES string of the molecule is COCCNC(=O)C(C)Nc1ncc(Cl)cc1F. The maximum atomic E-state index is 13.4. The van der Waals surface area contributed by atoms with Crippen LogP contribution < -0.4 is 10.6 Å². The van der Waals surface area contributed by atoms with E-state index in [4.69, 9.17) is 16.3 Å². The predicted octanol–water partition coefficient (Wildman–Crippen LogP) is 1.44. The van der Waals surface area contributed by atoms with Gasteiger partial charge in [0.1, 0.15) is 6.04 Å². The Bertz CT molecular complexity index is 417. The fourth-order valence-electron chi connectivity index (χ4n) is 1.22. The van der Waals surface area contributed by atoms with Crippen molar-refractivity contribution in [2.24, 2.45) is 0 Å². The summed E-state index contributed by atoms with van der Waals surface area (Å²) in [5.74, 6) is -0.865. The Morgan fingerprint density at radius 2 is 2.39 bits per heavy atom. The van der Waals surface area contributed by atoms with E-state index in [1.165, 1.54) is 6.20 Å². The summed E-state index contributed by atoms with van der Waals surface area (Å²) in [7, 11) is 1.54. The quantitative estimate of drug-likeness (QED) is 0.771. The van der Waals surface area contributed by atoms with Crippen LogP contribution in [0.2, 0.25) is 5.02 Å². The molecule has 0 bridgehead atoms. The molecule has 0 spiro atoms. The van der Waals surface area contributed by atoms with E-state index < -0.39 is 11.9 Å². The molecule has 1 aromatic heterocycles. The second-order valence-corrected chi connectivity index (χ2v) is 4.07. The van der Waals surface area contributed by atoms with Gasteiger partial charge >= 0.3 is 0 Å². The smallest absolute Gasteiger partial charge is 0.242 e. The first-order valence-corrected chi connectivity index (χ1v) is 5.76. The normalized spacial score (nSPS) is 12.0. The van der Waals surface area contributed by atoms with Crippen molar-refractivity contribution >= 4 is 23.3 Å². The first-order valence-electron chi connectivity index (χ1n) is 5.39. The molecular weight excluding hydrogens is 261 g/mol. The van der Waals surface area contributed by atoms with Gasteiger partial charge in [-0.25, -0.2) is 9.37 Å². The lowest BCUT2D eigenvalue weighted by atomic mass is 10.3. The summed E-state index contributed by atoms with van der Waals surface area (Å²) in [5.41, 5.74) is 0. The van der Waals surface area contributed by atoms with Crippen molar-refractivity contribution < 1.29 is 13.9 Å². The first-order chi connectivity index (χ1) is 8.54. The Hall–Kier alpha value is -1.40. The highest BCUT2D eigenvalue weighted by Gasteiger charge is 2.14. The second kappa shape index (κ2) is 7.13. The number of carbonyl (C=O) groups is 1. The van der Waals surface area contributed by atoms with Gasteiger partial charge in [-0.15, -0.1) is 0 Å². The van der Waals surface area contributed by atoms with Crippen molar-refractivity contribution in [3.63, 3.8) is 0 Å². The topological polar surface area (TPSA) is 63.2 Å². The molecule has 0 aliphatic rings. The summed E-state index contributed by atoms with van der Waals surface area (Å²) >= 11 is 5.58. The highest BCUT2D eigenvalue weighted by atomic mass is 35.5. The third-order valence-electron chi connectivity index (χ3n) is 2.16. The molecule has 1 heterocycles. The van der Waals surface area contributed by atoms with Crippen LogP contribution in [-0.2, 0) is 9.53 Å². The number of rotatable bonds is 6. The van der Waals surface area contributed by atoms with E-state index in [1.807, 2.05) is 0 Å². The van der Waals surface area contributed by atoms with Crippen molar-refractivity contribution in [1.82, 2.24) is 10.3 Å². The average molecular weight is 276 g/mol. The van der Waals surface area contributed by atoms with E-state index in [-0.39, 0.29) is 16.7 Å². The molecule has 1 atom stereocenters. The van der Waals surface area contributed by atoms with Crippen LogP contribution in [0.25, 0.3) is 0 Å². The van der Waals surface area contributed by atoms with Gasteiger partial charge in [0.2, 0.25) is 5.91 Å². The maximum Gasteiger partial charge on any atom is 0.242 e. The molecule has 2 N–H and O–H groups in total. The minimum atomic E-state index is -0.606. The zero-order chi connectivity index (χ0) is 13.5. The molecule has 1 rings (SSSR count). The Morgan fingerprint density at radius 1 is 1.67 bits per heavy atom. The highest BCUT2D eigenvalue weighted by molar-refractivity contribution is 6.30. The molecule has 0 aromatic carbocycles. The largest absolute Gasteiger partial charge is 0.383 e. The van der Waals surface area contributed by atoms with Gasteiger partial charge in [0.25, 0.3) is 0 Å². The van der Waals surface area contributed by atoms with Gasteiger partial charge in [0.05, 0.1) is 11.6 Å². The number of methoxy groups -OCH3 is 1. The summed E-state index contributed by atoms with van der Waals surface area (Å²) < 4.78 is 18.2. The molecule has 1 unspecified atom stereocenters. The third kappa shape index (κ3) is 4.46. The summed E-state index contributed by atoms with van der Waals surface area (Å²) in [6.45, 7) is 2.43. The molecule has 0 aliphatic heterocycles. The average Bonchev–Trinajstić information content (AvgIpc) is 2.32. The number of nitrogens with zero attached hydrogens (tertiary/aromatic N) is 1. The zero-order valence-electron chi connectivity index (χ0n) is 10.2. The van der Waals surface area contributed by atoms with Crippen molar-refractivity contribution in [3.05, 3.63) is 23.1 Å². The molecule has 18 heavy (non-hydrogen) atoms. The van der Waals surface area contributed by atoms with Gasteiger partial charge in [-0.05, 0) is 13.0 Å². The molecule has 5 nitrogen and oxygen atoms in total. The van der Waals surface area contributed by atoms with Gasteiger partial charge in [0.15, 0.2) is 11.6 Å². The summed E-state index contributed by atoms with van der Waals surface area (Å²) in [6.07, 6.45) is 1.31. The highest BCUT2D eigenvalue weighted by Crippen LogP contribution is 2.16. The van der Waals surface area contributed by atoms with Crippen LogP contribution in [0.1, 0.15) is 6.92 Å². The van der Waals surface area contributed by atoms with Gasteiger partial charge in [-0.2, -0.15) is 0 Å². The number of nitrogens with one attached hydrogen (secondary N) is 2. The number of amides is 1. The number of aromatic nitrogens is 1. The van der Waals surface area contributed by atoms with Crippen LogP contribution in [-0.4, -0.2) is 37.2 Å². The molecule has 0 fully saturated rings. The second-order valence-electron chi connectivity index (χ2n) is 3.63. The number of pyridine rings is 1.